The van der Waals surface area contributed by atoms with E-state index in [0.29, 0.717) is 30.8 Å². The average Bonchev–Trinajstić information content (AvgIpc) is 3.29. The summed E-state index contributed by atoms with van der Waals surface area (Å²) in [4.78, 5) is 12.0. The molecule has 0 saturated carbocycles. The summed E-state index contributed by atoms with van der Waals surface area (Å²) in [6, 6.07) is 8.37. The van der Waals surface area contributed by atoms with E-state index in [1.54, 1.807) is 7.05 Å². The van der Waals surface area contributed by atoms with Crippen molar-refractivity contribution < 1.29 is 9.26 Å². The Balaban J connectivity index is 1.50. The smallest absolute Gasteiger partial charge is 0.246 e. The highest BCUT2D eigenvalue weighted by Crippen LogP contribution is 2.21. The van der Waals surface area contributed by atoms with E-state index in [-0.39, 0.29) is 6.10 Å². The number of aromatic amines is 1. The maximum Gasteiger partial charge on any atom is 0.246 e. The summed E-state index contributed by atoms with van der Waals surface area (Å²) >= 11 is 0. The molecule has 1 atom stereocenters. The number of nitrogens with zero attached hydrogens (tertiary/aromatic N) is 3. The van der Waals surface area contributed by atoms with Crippen LogP contribution in [0.25, 0.3) is 10.9 Å². The number of guanidine groups is 1. The van der Waals surface area contributed by atoms with Crippen molar-refractivity contribution in [2.45, 2.75) is 39.8 Å². The van der Waals surface area contributed by atoms with Gasteiger partial charge in [-0.1, -0.05) is 23.4 Å². The Labute approximate surface area is 164 Å². The fraction of sp³-hybridized carbons (Fsp3) is 0.450. The molecule has 0 radical (unpaired) electrons. The van der Waals surface area contributed by atoms with Crippen LogP contribution < -0.4 is 10.6 Å². The molecule has 0 fully saturated rings. The van der Waals surface area contributed by atoms with Crippen LogP contribution in [-0.2, 0) is 17.7 Å². The molecule has 0 aliphatic heterocycles. The maximum absolute atomic E-state index is 5.47. The molecule has 3 N–H and O–H groups in total. The summed E-state index contributed by atoms with van der Waals surface area (Å²) in [7, 11) is 1.74. The minimum Gasteiger partial charge on any atom is -0.371 e. The topological polar surface area (TPSA) is 100 Å². The van der Waals surface area contributed by atoms with Crippen molar-refractivity contribution in [3.05, 3.63) is 47.2 Å². The third-order valence-electron chi connectivity index (χ3n) is 4.59. The lowest BCUT2D eigenvalue weighted by Crippen LogP contribution is -2.38. The number of fused-ring (bicyclic) bond motifs is 1. The molecular weight excluding hydrogens is 356 g/mol. The maximum atomic E-state index is 5.47. The zero-order valence-corrected chi connectivity index (χ0v) is 16.9. The van der Waals surface area contributed by atoms with E-state index in [4.69, 9.17) is 9.26 Å². The van der Waals surface area contributed by atoms with Crippen molar-refractivity contribution in [2.75, 3.05) is 20.2 Å². The number of H-pyrrole nitrogens is 1. The van der Waals surface area contributed by atoms with E-state index in [1.807, 2.05) is 19.9 Å². The van der Waals surface area contributed by atoms with Crippen LogP contribution in [0.4, 0.5) is 0 Å². The number of hydrogen-bond donors (Lipinski definition) is 3. The fourth-order valence-electron chi connectivity index (χ4n) is 3.17. The molecule has 0 bridgehead atoms. The van der Waals surface area contributed by atoms with Crippen molar-refractivity contribution in [1.82, 2.24) is 25.8 Å². The monoisotopic (exact) mass is 384 g/mol. The largest absolute Gasteiger partial charge is 0.371 e. The summed E-state index contributed by atoms with van der Waals surface area (Å²) in [5, 5.41) is 11.8. The number of nitrogens with one attached hydrogen (secondary N) is 3. The molecule has 2 heterocycles. The second-order valence-corrected chi connectivity index (χ2v) is 6.52. The molecule has 0 saturated heterocycles. The molecule has 0 amide bonds. The molecule has 1 unspecified atom stereocenters. The van der Waals surface area contributed by atoms with Crippen LogP contribution in [0.1, 0.15) is 42.9 Å². The molecule has 2 aromatic heterocycles. The number of para-hydroxylation sites is 1. The second-order valence-electron chi connectivity index (χ2n) is 6.52. The van der Waals surface area contributed by atoms with Gasteiger partial charge in [0.1, 0.15) is 6.10 Å². The SMILES string of the molecule is CCOC(C)c1noc(CNC(=NC)NCCc2c(C)[nH]c3ccccc23)n1. The van der Waals surface area contributed by atoms with Crippen LogP contribution in [0, 0.1) is 6.92 Å². The number of aryl methyl sites for hydroxylation is 1. The van der Waals surface area contributed by atoms with Gasteiger partial charge in [0.05, 0.1) is 6.54 Å². The Morgan fingerprint density at radius 1 is 1.32 bits per heavy atom. The lowest BCUT2D eigenvalue weighted by atomic mass is 10.1. The Bertz CT molecular complexity index is 930. The third-order valence-corrected chi connectivity index (χ3v) is 4.59. The number of rotatable bonds is 8. The molecule has 8 nitrogen and oxygen atoms in total. The zero-order valence-electron chi connectivity index (χ0n) is 16.9. The summed E-state index contributed by atoms with van der Waals surface area (Å²) < 4.78 is 10.7. The van der Waals surface area contributed by atoms with E-state index in [0.717, 1.165) is 13.0 Å². The van der Waals surface area contributed by atoms with Crippen LogP contribution in [0.2, 0.25) is 0 Å². The van der Waals surface area contributed by atoms with Gasteiger partial charge < -0.3 is 24.9 Å². The third kappa shape index (κ3) is 4.69. The number of ether oxygens (including phenoxy) is 1. The van der Waals surface area contributed by atoms with Crippen LogP contribution in [0.15, 0.2) is 33.8 Å². The van der Waals surface area contributed by atoms with Gasteiger partial charge >= 0.3 is 0 Å². The van der Waals surface area contributed by atoms with Gasteiger partial charge in [-0.3, -0.25) is 4.99 Å². The molecule has 3 aromatic rings. The molecule has 28 heavy (non-hydrogen) atoms. The predicted molar refractivity (Wildman–Crippen MR) is 109 cm³/mol. The van der Waals surface area contributed by atoms with Crippen molar-refractivity contribution in [1.29, 1.82) is 0 Å². The normalized spacial score (nSPS) is 13.1. The molecular formula is C20H28N6O2. The quantitative estimate of drug-likeness (QED) is 0.408. The van der Waals surface area contributed by atoms with Gasteiger partial charge in [0.25, 0.3) is 0 Å². The molecule has 150 valence electrons. The summed E-state index contributed by atoms with van der Waals surface area (Å²) in [5.74, 6) is 1.74. The first-order chi connectivity index (χ1) is 13.6. The Kier molecular flexibility index (Phi) is 6.65. The van der Waals surface area contributed by atoms with Gasteiger partial charge in [0.2, 0.25) is 5.89 Å². The van der Waals surface area contributed by atoms with Crippen LogP contribution in [0.5, 0.6) is 0 Å². The number of hydrogen-bond acceptors (Lipinski definition) is 5. The summed E-state index contributed by atoms with van der Waals surface area (Å²) in [6.45, 7) is 7.72. The predicted octanol–water partition coefficient (Wildman–Crippen LogP) is 2.86. The lowest BCUT2D eigenvalue weighted by molar-refractivity contribution is 0.0683. The van der Waals surface area contributed by atoms with Crippen molar-refractivity contribution in [3.63, 3.8) is 0 Å². The highest BCUT2D eigenvalue weighted by atomic mass is 16.5. The minimum atomic E-state index is -0.181. The van der Waals surface area contributed by atoms with E-state index >= 15 is 0 Å². The van der Waals surface area contributed by atoms with Crippen LogP contribution >= 0.6 is 0 Å². The molecule has 8 heteroatoms. The Hall–Kier alpha value is -2.87. The summed E-state index contributed by atoms with van der Waals surface area (Å²) in [5.41, 5.74) is 3.70. The first-order valence-corrected chi connectivity index (χ1v) is 9.57. The fourth-order valence-corrected chi connectivity index (χ4v) is 3.17. The van der Waals surface area contributed by atoms with Crippen molar-refractivity contribution in [3.8, 4) is 0 Å². The van der Waals surface area contributed by atoms with Gasteiger partial charge in [-0.2, -0.15) is 4.98 Å². The Morgan fingerprint density at radius 3 is 2.93 bits per heavy atom. The number of benzene rings is 1. The highest BCUT2D eigenvalue weighted by Gasteiger charge is 2.14. The van der Waals surface area contributed by atoms with Crippen LogP contribution in [-0.4, -0.2) is 41.3 Å². The number of aromatic nitrogens is 3. The molecule has 0 aliphatic carbocycles. The van der Waals surface area contributed by atoms with Gasteiger partial charge in [-0.15, -0.1) is 0 Å². The first kappa shape index (κ1) is 19.9. The van der Waals surface area contributed by atoms with Crippen molar-refractivity contribution >= 4 is 16.9 Å². The minimum absolute atomic E-state index is 0.181. The average molecular weight is 384 g/mol. The molecule has 0 spiro atoms. The van der Waals surface area contributed by atoms with E-state index in [1.165, 1.54) is 22.2 Å². The van der Waals surface area contributed by atoms with Gasteiger partial charge in [0, 0.05) is 36.8 Å². The zero-order chi connectivity index (χ0) is 19.9. The van der Waals surface area contributed by atoms with Gasteiger partial charge in [0.15, 0.2) is 11.8 Å². The molecule has 1 aromatic carbocycles. The van der Waals surface area contributed by atoms with Gasteiger partial charge in [-0.05, 0) is 38.8 Å². The number of aliphatic imine (C=N–C) groups is 1. The molecule has 0 aliphatic rings. The standard InChI is InChI=1S/C20H28N6O2/c1-5-27-14(3)19-25-18(28-26-19)12-23-20(21-4)22-11-10-15-13(2)24-17-9-7-6-8-16(15)17/h6-9,14,24H,5,10-12H2,1-4H3,(H2,21,22,23). The van der Waals surface area contributed by atoms with E-state index < -0.39 is 0 Å². The van der Waals surface area contributed by atoms with Crippen LogP contribution in [0.3, 0.4) is 0 Å². The molecule has 3 rings (SSSR count). The lowest BCUT2D eigenvalue weighted by Gasteiger charge is -2.10. The second kappa shape index (κ2) is 9.36. The summed E-state index contributed by atoms with van der Waals surface area (Å²) in [6.07, 6.45) is 0.715. The van der Waals surface area contributed by atoms with E-state index in [9.17, 15) is 0 Å². The van der Waals surface area contributed by atoms with E-state index in [2.05, 4.69) is 55.9 Å². The van der Waals surface area contributed by atoms with Gasteiger partial charge in [-0.25, -0.2) is 0 Å². The first-order valence-electron chi connectivity index (χ1n) is 9.57. The Morgan fingerprint density at radius 2 is 2.14 bits per heavy atom. The van der Waals surface area contributed by atoms with Crippen molar-refractivity contribution in [2.24, 2.45) is 4.99 Å². The highest BCUT2D eigenvalue weighted by molar-refractivity contribution is 5.84.